The SMILES string of the molecule is Cc1cc(NC2(C(=O)O)CCCCC2)ccc1[N+](=O)[O-]. The van der Waals surface area contributed by atoms with E-state index in [0.29, 0.717) is 24.1 Å². The Kier molecular flexibility index (Phi) is 3.92. The Morgan fingerprint density at radius 3 is 2.50 bits per heavy atom. The lowest BCUT2D eigenvalue weighted by molar-refractivity contribution is -0.385. The summed E-state index contributed by atoms with van der Waals surface area (Å²) < 4.78 is 0. The molecule has 0 saturated heterocycles. The smallest absolute Gasteiger partial charge is 0.329 e. The fourth-order valence-electron chi connectivity index (χ4n) is 2.76. The molecule has 108 valence electrons. The average Bonchev–Trinajstić information content (AvgIpc) is 2.39. The first kappa shape index (κ1) is 14.3. The molecule has 20 heavy (non-hydrogen) atoms. The van der Waals surface area contributed by atoms with E-state index < -0.39 is 16.4 Å². The fourth-order valence-corrected chi connectivity index (χ4v) is 2.76. The Morgan fingerprint density at radius 2 is 2.00 bits per heavy atom. The summed E-state index contributed by atoms with van der Waals surface area (Å²) in [4.78, 5) is 21.9. The third-order valence-corrected chi connectivity index (χ3v) is 3.89. The molecule has 0 heterocycles. The number of nitrogens with zero attached hydrogens (tertiary/aromatic N) is 1. The lowest BCUT2D eigenvalue weighted by Crippen LogP contribution is -2.47. The van der Waals surface area contributed by atoms with Gasteiger partial charge in [0.05, 0.1) is 4.92 Å². The Balaban J connectivity index is 2.25. The van der Waals surface area contributed by atoms with Crippen LogP contribution in [0, 0.1) is 17.0 Å². The van der Waals surface area contributed by atoms with Crippen LogP contribution in [0.25, 0.3) is 0 Å². The van der Waals surface area contributed by atoms with Crippen molar-refractivity contribution >= 4 is 17.3 Å². The van der Waals surface area contributed by atoms with Crippen molar-refractivity contribution in [3.63, 3.8) is 0 Å². The Morgan fingerprint density at radius 1 is 1.35 bits per heavy atom. The van der Waals surface area contributed by atoms with E-state index in [4.69, 9.17) is 0 Å². The highest BCUT2D eigenvalue weighted by Gasteiger charge is 2.39. The van der Waals surface area contributed by atoms with Gasteiger partial charge in [-0.25, -0.2) is 4.79 Å². The molecular formula is C14H18N2O4. The number of carboxylic acid groups (broad SMARTS) is 1. The molecule has 2 rings (SSSR count). The third kappa shape index (κ3) is 2.74. The number of hydrogen-bond acceptors (Lipinski definition) is 4. The molecule has 0 amide bonds. The minimum Gasteiger partial charge on any atom is -0.480 e. The molecule has 0 aromatic heterocycles. The van der Waals surface area contributed by atoms with E-state index in [0.717, 1.165) is 19.3 Å². The minimum absolute atomic E-state index is 0.0450. The summed E-state index contributed by atoms with van der Waals surface area (Å²) in [5.41, 5.74) is 0.248. The van der Waals surface area contributed by atoms with Crippen molar-refractivity contribution in [2.45, 2.75) is 44.6 Å². The second kappa shape index (κ2) is 5.48. The molecule has 1 aliphatic carbocycles. The van der Waals surface area contributed by atoms with Gasteiger partial charge in [-0.15, -0.1) is 0 Å². The molecule has 0 spiro atoms. The number of benzene rings is 1. The molecule has 6 nitrogen and oxygen atoms in total. The number of nitro benzene ring substituents is 1. The molecular weight excluding hydrogens is 260 g/mol. The quantitative estimate of drug-likeness (QED) is 0.652. The summed E-state index contributed by atoms with van der Waals surface area (Å²) in [5, 5.41) is 23.4. The summed E-state index contributed by atoms with van der Waals surface area (Å²) >= 11 is 0. The van der Waals surface area contributed by atoms with E-state index >= 15 is 0 Å². The summed E-state index contributed by atoms with van der Waals surface area (Å²) in [5.74, 6) is -0.854. The number of carbonyl (C=O) groups is 1. The second-order valence-electron chi connectivity index (χ2n) is 5.33. The van der Waals surface area contributed by atoms with Crippen molar-refractivity contribution in [1.82, 2.24) is 0 Å². The first-order chi connectivity index (χ1) is 9.44. The standard InChI is InChI=1S/C14H18N2O4/c1-10-9-11(5-6-12(10)16(19)20)15-14(13(17)18)7-3-2-4-8-14/h5-6,9,15H,2-4,7-8H2,1H3,(H,17,18). The van der Waals surface area contributed by atoms with Gasteiger partial charge in [-0.3, -0.25) is 10.1 Å². The maximum Gasteiger partial charge on any atom is 0.329 e. The Bertz CT molecular complexity index is 536. The Labute approximate surface area is 117 Å². The average molecular weight is 278 g/mol. The first-order valence-corrected chi connectivity index (χ1v) is 6.71. The van der Waals surface area contributed by atoms with Crippen LogP contribution < -0.4 is 5.32 Å². The van der Waals surface area contributed by atoms with Crippen molar-refractivity contribution in [1.29, 1.82) is 0 Å². The molecule has 2 N–H and O–H groups in total. The van der Waals surface area contributed by atoms with Gasteiger partial charge in [0.25, 0.3) is 5.69 Å². The molecule has 0 radical (unpaired) electrons. The van der Waals surface area contributed by atoms with Crippen LogP contribution in [0.15, 0.2) is 18.2 Å². The van der Waals surface area contributed by atoms with Crippen molar-refractivity contribution in [2.24, 2.45) is 0 Å². The highest BCUT2D eigenvalue weighted by Crippen LogP contribution is 2.33. The van der Waals surface area contributed by atoms with Crippen LogP contribution in [-0.4, -0.2) is 21.5 Å². The molecule has 1 aromatic rings. The maximum absolute atomic E-state index is 11.6. The molecule has 1 fully saturated rings. The first-order valence-electron chi connectivity index (χ1n) is 6.71. The second-order valence-corrected chi connectivity index (χ2v) is 5.33. The van der Waals surface area contributed by atoms with Gasteiger partial charge in [0.1, 0.15) is 5.54 Å². The number of rotatable bonds is 4. The molecule has 0 unspecified atom stereocenters. The summed E-state index contributed by atoms with van der Waals surface area (Å²) in [6.07, 6.45) is 3.98. The van der Waals surface area contributed by atoms with E-state index in [1.807, 2.05) is 0 Å². The lowest BCUT2D eigenvalue weighted by Gasteiger charge is -2.35. The third-order valence-electron chi connectivity index (χ3n) is 3.89. The fraction of sp³-hybridized carbons (Fsp3) is 0.500. The van der Waals surface area contributed by atoms with Gasteiger partial charge in [0, 0.05) is 17.3 Å². The van der Waals surface area contributed by atoms with Crippen LogP contribution in [0.3, 0.4) is 0 Å². The van der Waals surface area contributed by atoms with Crippen LogP contribution in [0.2, 0.25) is 0 Å². The largest absolute Gasteiger partial charge is 0.480 e. The van der Waals surface area contributed by atoms with Crippen molar-refractivity contribution in [3.8, 4) is 0 Å². The van der Waals surface area contributed by atoms with E-state index in [-0.39, 0.29) is 5.69 Å². The van der Waals surface area contributed by atoms with Gasteiger partial charge < -0.3 is 10.4 Å². The number of hydrogen-bond donors (Lipinski definition) is 2. The zero-order valence-corrected chi connectivity index (χ0v) is 11.4. The van der Waals surface area contributed by atoms with E-state index in [2.05, 4.69) is 5.32 Å². The molecule has 0 atom stereocenters. The van der Waals surface area contributed by atoms with Gasteiger partial charge in [-0.1, -0.05) is 19.3 Å². The predicted octanol–water partition coefficient (Wildman–Crippen LogP) is 3.10. The number of nitro groups is 1. The van der Waals surface area contributed by atoms with Gasteiger partial charge in [0.2, 0.25) is 0 Å². The zero-order valence-electron chi connectivity index (χ0n) is 11.4. The number of anilines is 1. The van der Waals surface area contributed by atoms with Crippen LogP contribution in [0.4, 0.5) is 11.4 Å². The van der Waals surface area contributed by atoms with Crippen LogP contribution in [-0.2, 0) is 4.79 Å². The summed E-state index contributed by atoms with van der Waals surface area (Å²) in [7, 11) is 0. The molecule has 0 aliphatic heterocycles. The van der Waals surface area contributed by atoms with Crippen molar-refractivity contribution < 1.29 is 14.8 Å². The Hall–Kier alpha value is -2.11. The molecule has 0 bridgehead atoms. The van der Waals surface area contributed by atoms with Gasteiger partial charge in [0.15, 0.2) is 0 Å². The normalized spacial score (nSPS) is 17.4. The number of aliphatic carboxylic acids is 1. The van der Waals surface area contributed by atoms with Crippen molar-refractivity contribution in [2.75, 3.05) is 5.32 Å². The van der Waals surface area contributed by atoms with Crippen LogP contribution >= 0.6 is 0 Å². The summed E-state index contributed by atoms with van der Waals surface area (Å²) in [6.45, 7) is 1.65. The highest BCUT2D eigenvalue weighted by molar-refractivity contribution is 5.83. The maximum atomic E-state index is 11.6. The van der Waals surface area contributed by atoms with E-state index in [9.17, 15) is 20.0 Å². The molecule has 1 aromatic carbocycles. The topological polar surface area (TPSA) is 92.5 Å². The van der Waals surface area contributed by atoms with E-state index in [1.54, 1.807) is 19.1 Å². The number of carboxylic acids is 1. The summed E-state index contributed by atoms with van der Waals surface area (Å²) in [6, 6.07) is 4.62. The predicted molar refractivity (Wildman–Crippen MR) is 74.9 cm³/mol. The molecule has 6 heteroatoms. The van der Waals surface area contributed by atoms with Crippen molar-refractivity contribution in [3.05, 3.63) is 33.9 Å². The van der Waals surface area contributed by atoms with E-state index in [1.165, 1.54) is 6.07 Å². The lowest BCUT2D eigenvalue weighted by atomic mass is 9.81. The highest BCUT2D eigenvalue weighted by atomic mass is 16.6. The van der Waals surface area contributed by atoms with Gasteiger partial charge in [-0.05, 0) is 31.9 Å². The number of nitrogens with one attached hydrogen (secondary N) is 1. The molecule has 1 saturated carbocycles. The minimum atomic E-state index is -0.944. The molecule has 1 aliphatic rings. The van der Waals surface area contributed by atoms with Gasteiger partial charge >= 0.3 is 5.97 Å². The monoisotopic (exact) mass is 278 g/mol. The zero-order chi connectivity index (χ0) is 14.8. The number of aryl methyl sites for hydroxylation is 1. The van der Waals surface area contributed by atoms with Gasteiger partial charge in [-0.2, -0.15) is 0 Å². The van der Waals surface area contributed by atoms with Crippen LogP contribution in [0.1, 0.15) is 37.7 Å². The van der Waals surface area contributed by atoms with Crippen LogP contribution in [0.5, 0.6) is 0 Å².